The van der Waals surface area contributed by atoms with Gasteiger partial charge < -0.3 is 32.2 Å². The Labute approximate surface area is 183 Å². The second kappa shape index (κ2) is 12.2. The van der Waals surface area contributed by atoms with Crippen molar-refractivity contribution in [2.75, 3.05) is 6.54 Å². The van der Waals surface area contributed by atoms with E-state index in [1.165, 1.54) is 0 Å². The Bertz CT molecular complexity index is 671. The molecule has 0 saturated carbocycles. The molecule has 0 unspecified atom stereocenters. The summed E-state index contributed by atoms with van der Waals surface area (Å²) in [5.41, 5.74) is 9.85. The first-order valence-electron chi connectivity index (χ1n) is 10.2. The van der Waals surface area contributed by atoms with Crippen LogP contribution in [-0.2, 0) is 28.7 Å². The quantitative estimate of drug-likeness (QED) is 0.252. The van der Waals surface area contributed by atoms with Crippen molar-refractivity contribution < 1.29 is 28.7 Å². The minimum absolute atomic E-state index is 0.267. The first kappa shape index (κ1) is 28.3. The molecule has 7 N–H and O–H groups in total. The number of nitrogens with one attached hydrogen (secondary N) is 3. The highest BCUT2D eigenvalue weighted by molar-refractivity contribution is 5.95. The second-order valence-corrected chi connectivity index (χ2v) is 8.98. The predicted octanol–water partition coefficient (Wildman–Crippen LogP) is -1.07. The summed E-state index contributed by atoms with van der Waals surface area (Å²) in [5.74, 6) is -4.02. The fourth-order valence-electron chi connectivity index (χ4n) is 2.58. The average Bonchev–Trinajstić information content (AvgIpc) is 2.60. The molecule has 0 aliphatic heterocycles. The molecule has 11 heteroatoms. The summed E-state index contributed by atoms with van der Waals surface area (Å²) in [6.45, 7) is 11.6. The van der Waals surface area contributed by atoms with Crippen LogP contribution >= 0.6 is 0 Å². The van der Waals surface area contributed by atoms with Crippen molar-refractivity contribution >= 4 is 29.6 Å². The van der Waals surface area contributed by atoms with E-state index in [9.17, 15) is 24.0 Å². The summed E-state index contributed by atoms with van der Waals surface area (Å²) in [6.07, 6.45) is -0.446. The number of carbonyl (C=O) groups excluding carboxylic acids is 5. The Balaban J connectivity index is 5.35. The highest BCUT2D eigenvalue weighted by atomic mass is 16.6. The fraction of sp³-hybridized carbons (Fsp3) is 0.750. The van der Waals surface area contributed by atoms with Gasteiger partial charge in [-0.2, -0.15) is 0 Å². The van der Waals surface area contributed by atoms with E-state index in [0.717, 1.165) is 0 Å². The Morgan fingerprint density at radius 2 is 1.29 bits per heavy atom. The van der Waals surface area contributed by atoms with Gasteiger partial charge in [-0.05, 0) is 32.6 Å². The van der Waals surface area contributed by atoms with Crippen molar-refractivity contribution in [2.24, 2.45) is 23.3 Å². The lowest BCUT2D eigenvalue weighted by Crippen LogP contribution is -2.59. The van der Waals surface area contributed by atoms with Crippen molar-refractivity contribution in [3.63, 3.8) is 0 Å². The first-order chi connectivity index (χ1) is 14.1. The maximum absolute atomic E-state index is 12.8. The molecule has 0 aliphatic carbocycles. The van der Waals surface area contributed by atoms with Crippen molar-refractivity contribution in [3.8, 4) is 0 Å². The number of rotatable bonds is 11. The van der Waals surface area contributed by atoms with Crippen molar-refractivity contribution in [1.82, 2.24) is 16.0 Å². The van der Waals surface area contributed by atoms with Crippen LogP contribution in [0.3, 0.4) is 0 Å². The van der Waals surface area contributed by atoms with E-state index in [1.54, 1.807) is 48.5 Å². The number of nitrogens with two attached hydrogens (primary N) is 2. The SMILES string of the molecule is CC(C)[C@H](NC(=O)CN)C(=O)N[C@H](C(=O)N[C@@H](CC(=O)OC(C)(C)C)C(N)=O)C(C)C. The van der Waals surface area contributed by atoms with E-state index in [4.69, 9.17) is 16.2 Å². The molecule has 0 bridgehead atoms. The number of esters is 1. The first-order valence-corrected chi connectivity index (χ1v) is 10.2. The van der Waals surface area contributed by atoms with Gasteiger partial charge in [0, 0.05) is 0 Å². The second-order valence-electron chi connectivity index (χ2n) is 8.98. The number of ether oxygens (including phenoxy) is 1. The van der Waals surface area contributed by atoms with Gasteiger partial charge in [0.25, 0.3) is 0 Å². The van der Waals surface area contributed by atoms with Crippen LogP contribution in [0.4, 0.5) is 0 Å². The summed E-state index contributed by atoms with van der Waals surface area (Å²) in [4.78, 5) is 60.9. The maximum atomic E-state index is 12.8. The van der Waals surface area contributed by atoms with E-state index in [2.05, 4.69) is 16.0 Å². The minimum Gasteiger partial charge on any atom is -0.460 e. The van der Waals surface area contributed by atoms with Crippen LogP contribution in [0.2, 0.25) is 0 Å². The molecule has 31 heavy (non-hydrogen) atoms. The van der Waals surface area contributed by atoms with Crippen molar-refractivity contribution in [2.45, 2.75) is 78.6 Å². The molecule has 0 aromatic heterocycles. The number of amides is 4. The summed E-state index contributed by atoms with van der Waals surface area (Å²) in [5, 5.41) is 7.50. The largest absolute Gasteiger partial charge is 0.460 e. The zero-order chi connectivity index (χ0) is 24.5. The molecule has 0 heterocycles. The van der Waals surface area contributed by atoms with Crippen LogP contribution < -0.4 is 27.4 Å². The van der Waals surface area contributed by atoms with Crippen LogP contribution in [0, 0.1) is 11.8 Å². The number of carbonyl (C=O) groups is 5. The molecular formula is C20H37N5O6. The topological polar surface area (TPSA) is 183 Å². The van der Waals surface area contributed by atoms with Gasteiger partial charge in [-0.25, -0.2) is 0 Å². The van der Waals surface area contributed by atoms with Gasteiger partial charge >= 0.3 is 5.97 Å². The summed E-state index contributed by atoms with van der Waals surface area (Å²) in [7, 11) is 0. The third-order valence-electron chi connectivity index (χ3n) is 4.15. The van der Waals surface area contributed by atoms with E-state index in [0.29, 0.717) is 0 Å². The molecule has 0 fully saturated rings. The zero-order valence-corrected chi connectivity index (χ0v) is 19.4. The number of hydrogen-bond donors (Lipinski definition) is 5. The molecule has 0 aromatic carbocycles. The van der Waals surface area contributed by atoms with Crippen molar-refractivity contribution in [3.05, 3.63) is 0 Å². The smallest absolute Gasteiger partial charge is 0.308 e. The Hall–Kier alpha value is -2.69. The standard InChI is InChI=1S/C20H37N5O6/c1-10(2)15(24-13(26)9-21)19(30)25-16(11(3)4)18(29)23-12(17(22)28)8-14(27)31-20(5,6)7/h10-12,15-16H,8-9,21H2,1-7H3,(H2,22,28)(H,23,29)(H,24,26)(H,25,30)/t12-,15-,16-/m0/s1. The van der Waals surface area contributed by atoms with Crippen LogP contribution in [0.5, 0.6) is 0 Å². The molecule has 0 radical (unpaired) electrons. The van der Waals surface area contributed by atoms with Gasteiger partial charge in [-0.15, -0.1) is 0 Å². The molecule has 0 spiro atoms. The maximum Gasteiger partial charge on any atom is 0.308 e. The molecule has 3 atom stereocenters. The molecule has 0 saturated heterocycles. The third-order valence-corrected chi connectivity index (χ3v) is 4.15. The molecular weight excluding hydrogens is 406 g/mol. The van der Waals surface area contributed by atoms with Gasteiger partial charge in [0.2, 0.25) is 23.6 Å². The van der Waals surface area contributed by atoms with Crippen LogP contribution in [0.15, 0.2) is 0 Å². The van der Waals surface area contributed by atoms with E-state index in [1.807, 2.05) is 0 Å². The van der Waals surface area contributed by atoms with Crippen LogP contribution in [-0.4, -0.2) is 59.9 Å². The van der Waals surface area contributed by atoms with E-state index in [-0.39, 0.29) is 18.4 Å². The Morgan fingerprint density at radius 3 is 1.68 bits per heavy atom. The van der Waals surface area contributed by atoms with E-state index >= 15 is 0 Å². The molecule has 0 aromatic rings. The summed E-state index contributed by atoms with van der Waals surface area (Å²) < 4.78 is 5.16. The lowest BCUT2D eigenvalue weighted by Gasteiger charge is -2.28. The lowest BCUT2D eigenvalue weighted by atomic mass is 9.99. The highest BCUT2D eigenvalue weighted by Gasteiger charge is 2.33. The molecule has 11 nitrogen and oxygen atoms in total. The van der Waals surface area contributed by atoms with Gasteiger partial charge in [0.1, 0.15) is 23.7 Å². The Morgan fingerprint density at radius 1 is 0.839 bits per heavy atom. The van der Waals surface area contributed by atoms with E-state index < -0.39 is 59.7 Å². The molecule has 4 amide bonds. The fourth-order valence-corrected chi connectivity index (χ4v) is 2.58. The molecule has 178 valence electrons. The Kier molecular flexibility index (Phi) is 11.2. The average molecular weight is 444 g/mol. The predicted molar refractivity (Wildman–Crippen MR) is 114 cm³/mol. The van der Waals surface area contributed by atoms with Crippen molar-refractivity contribution in [1.29, 1.82) is 0 Å². The number of primary amides is 1. The van der Waals surface area contributed by atoms with Gasteiger partial charge in [0.05, 0.1) is 13.0 Å². The zero-order valence-electron chi connectivity index (χ0n) is 19.4. The minimum atomic E-state index is -1.31. The molecule has 0 rings (SSSR count). The molecule has 0 aliphatic rings. The lowest BCUT2D eigenvalue weighted by molar-refractivity contribution is -0.156. The van der Waals surface area contributed by atoms with Crippen LogP contribution in [0.25, 0.3) is 0 Å². The number of hydrogen-bond acceptors (Lipinski definition) is 7. The van der Waals surface area contributed by atoms with Gasteiger partial charge in [-0.3, -0.25) is 24.0 Å². The summed E-state index contributed by atoms with van der Waals surface area (Å²) >= 11 is 0. The third kappa shape index (κ3) is 10.8. The van der Waals surface area contributed by atoms with Gasteiger partial charge in [-0.1, -0.05) is 27.7 Å². The van der Waals surface area contributed by atoms with Gasteiger partial charge in [0.15, 0.2) is 0 Å². The normalized spacial score (nSPS) is 14.4. The monoisotopic (exact) mass is 443 g/mol. The highest BCUT2D eigenvalue weighted by Crippen LogP contribution is 2.11. The summed E-state index contributed by atoms with van der Waals surface area (Å²) in [6, 6.07) is -3.25. The van der Waals surface area contributed by atoms with Crippen LogP contribution in [0.1, 0.15) is 54.9 Å².